The van der Waals surface area contributed by atoms with Crippen molar-refractivity contribution in [1.82, 2.24) is 14.5 Å². The molecule has 2 aromatic carbocycles. The third-order valence-electron chi connectivity index (χ3n) is 4.85. The van der Waals surface area contributed by atoms with Gasteiger partial charge in [-0.3, -0.25) is 15.1 Å². The van der Waals surface area contributed by atoms with Crippen molar-refractivity contribution in [2.45, 2.75) is 0 Å². The van der Waals surface area contributed by atoms with Crippen molar-refractivity contribution in [3.05, 3.63) is 95.4 Å². The molecule has 0 unspecified atom stereocenters. The lowest BCUT2D eigenvalue weighted by atomic mass is 10.0. The number of hydrogen-bond acceptors (Lipinski definition) is 4. The van der Waals surface area contributed by atoms with Gasteiger partial charge >= 0.3 is 0 Å². The Balaban J connectivity index is 1.98. The highest BCUT2D eigenvalue weighted by Gasteiger charge is 2.22. The molecule has 0 aliphatic heterocycles. The maximum absolute atomic E-state index is 11.6. The zero-order valence-electron chi connectivity index (χ0n) is 14.7. The number of para-hydroxylation sites is 2. The molecule has 5 rings (SSSR count). The van der Waals surface area contributed by atoms with Crippen LogP contribution in [-0.2, 0) is 0 Å². The molecule has 0 atom stereocenters. The molecule has 0 radical (unpaired) electrons. The first-order valence-electron chi connectivity index (χ1n) is 8.78. The Morgan fingerprint density at radius 2 is 1.61 bits per heavy atom. The smallest absolute Gasteiger partial charge is 0.295 e. The first kappa shape index (κ1) is 16.1. The van der Waals surface area contributed by atoms with Gasteiger partial charge < -0.3 is 4.57 Å². The molecule has 0 spiro atoms. The molecule has 6 heteroatoms. The molecule has 3 aromatic heterocycles. The van der Waals surface area contributed by atoms with Crippen LogP contribution in [0.2, 0.25) is 0 Å². The summed E-state index contributed by atoms with van der Waals surface area (Å²) in [5.41, 5.74) is 3.91. The molecular weight excluding hydrogens is 352 g/mol. The fourth-order valence-corrected chi connectivity index (χ4v) is 3.72. The topological polar surface area (TPSA) is 73.8 Å². The van der Waals surface area contributed by atoms with E-state index >= 15 is 0 Å². The van der Waals surface area contributed by atoms with Gasteiger partial charge in [-0.2, -0.15) is 0 Å². The highest BCUT2D eigenvalue weighted by Crippen LogP contribution is 2.39. The molecule has 0 fully saturated rings. The third kappa shape index (κ3) is 2.35. The predicted molar refractivity (Wildman–Crippen MR) is 108 cm³/mol. The molecule has 0 aliphatic rings. The number of fused-ring (bicyclic) bond motifs is 3. The Hall–Kier alpha value is -4.06. The molecule has 3 heterocycles. The van der Waals surface area contributed by atoms with E-state index in [0.29, 0.717) is 5.69 Å². The van der Waals surface area contributed by atoms with Crippen molar-refractivity contribution >= 4 is 27.5 Å². The minimum atomic E-state index is -0.388. The van der Waals surface area contributed by atoms with Gasteiger partial charge in [0.05, 0.1) is 16.0 Å². The van der Waals surface area contributed by atoms with Crippen molar-refractivity contribution in [2.24, 2.45) is 0 Å². The zero-order valence-corrected chi connectivity index (χ0v) is 14.7. The standard InChI is InChI=1S/C22H14N4O2/c27-26(28)20-9-4-12-24-21(20)18-7-3-6-17-16-5-1-2-8-19(16)25(22(17)18)15-10-13-23-14-11-15/h1-14H. The third-order valence-corrected chi connectivity index (χ3v) is 4.85. The van der Waals surface area contributed by atoms with E-state index in [2.05, 4.69) is 20.6 Å². The molecule has 0 N–H and O–H groups in total. The van der Waals surface area contributed by atoms with Crippen LogP contribution in [0.4, 0.5) is 5.69 Å². The molecule has 28 heavy (non-hydrogen) atoms. The molecule has 0 aliphatic carbocycles. The van der Waals surface area contributed by atoms with E-state index < -0.39 is 0 Å². The van der Waals surface area contributed by atoms with Crippen LogP contribution >= 0.6 is 0 Å². The summed E-state index contributed by atoms with van der Waals surface area (Å²) in [6.07, 6.45) is 5.06. The predicted octanol–water partition coefficient (Wildman–Crippen LogP) is 5.15. The summed E-state index contributed by atoms with van der Waals surface area (Å²) in [4.78, 5) is 19.7. The van der Waals surface area contributed by atoms with Crippen LogP contribution in [0.1, 0.15) is 0 Å². The van der Waals surface area contributed by atoms with Crippen LogP contribution in [0.15, 0.2) is 85.3 Å². The quantitative estimate of drug-likeness (QED) is 0.327. The average Bonchev–Trinajstić information content (AvgIpc) is 3.09. The molecule has 0 saturated heterocycles. The summed E-state index contributed by atoms with van der Waals surface area (Å²) in [6, 6.07) is 20.8. The van der Waals surface area contributed by atoms with Gasteiger partial charge in [-0.25, -0.2) is 4.98 Å². The van der Waals surface area contributed by atoms with Gasteiger partial charge in [0.2, 0.25) is 0 Å². The number of hydrogen-bond donors (Lipinski definition) is 0. The minimum absolute atomic E-state index is 0.0125. The van der Waals surface area contributed by atoms with Crippen molar-refractivity contribution in [3.8, 4) is 16.9 Å². The largest absolute Gasteiger partial charge is 0.308 e. The van der Waals surface area contributed by atoms with Gasteiger partial charge in [0.1, 0.15) is 5.69 Å². The number of nitrogens with zero attached hydrogens (tertiary/aromatic N) is 4. The van der Waals surface area contributed by atoms with Crippen LogP contribution in [0.3, 0.4) is 0 Å². The van der Waals surface area contributed by atoms with E-state index in [9.17, 15) is 10.1 Å². The first-order chi connectivity index (χ1) is 13.8. The average molecular weight is 366 g/mol. The van der Waals surface area contributed by atoms with E-state index in [0.717, 1.165) is 33.1 Å². The van der Waals surface area contributed by atoms with E-state index in [1.807, 2.05) is 48.5 Å². The Kier molecular flexibility index (Phi) is 3.62. The molecule has 5 aromatic rings. The summed E-state index contributed by atoms with van der Waals surface area (Å²) in [7, 11) is 0. The number of pyridine rings is 2. The Bertz CT molecular complexity index is 1340. The van der Waals surface area contributed by atoms with E-state index in [-0.39, 0.29) is 10.6 Å². The van der Waals surface area contributed by atoms with Crippen LogP contribution in [-0.4, -0.2) is 19.5 Å². The normalized spacial score (nSPS) is 11.1. The molecule has 0 amide bonds. The van der Waals surface area contributed by atoms with Gasteiger partial charge in [-0.05, 0) is 24.3 Å². The van der Waals surface area contributed by atoms with Crippen LogP contribution in [0.25, 0.3) is 38.8 Å². The molecule has 0 saturated carbocycles. The fourth-order valence-electron chi connectivity index (χ4n) is 3.72. The maximum Gasteiger partial charge on any atom is 0.295 e. The summed E-state index contributed by atoms with van der Waals surface area (Å²) in [5, 5.41) is 13.7. The Morgan fingerprint density at radius 3 is 2.43 bits per heavy atom. The summed E-state index contributed by atoms with van der Waals surface area (Å²) < 4.78 is 2.11. The van der Waals surface area contributed by atoms with Gasteiger partial charge in [0.15, 0.2) is 0 Å². The van der Waals surface area contributed by atoms with Crippen LogP contribution in [0.5, 0.6) is 0 Å². The molecular formula is C22H14N4O2. The number of aromatic nitrogens is 3. The van der Waals surface area contributed by atoms with Crippen molar-refractivity contribution in [2.75, 3.05) is 0 Å². The maximum atomic E-state index is 11.6. The Labute approximate surface area is 159 Å². The van der Waals surface area contributed by atoms with Crippen molar-refractivity contribution in [1.29, 1.82) is 0 Å². The number of benzene rings is 2. The van der Waals surface area contributed by atoms with E-state index in [1.54, 1.807) is 24.7 Å². The minimum Gasteiger partial charge on any atom is -0.308 e. The first-order valence-corrected chi connectivity index (χ1v) is 8.78. The zero-order chi connectivity index (χ0) is 19.1. The van der Waals surface area contributed by atoms with Gasteiger partial charge in [0, 0.05) is 46.7 Å². The lowest BCUT2D eigenvalue weighted by Gasteiger charge is -2.11. The fraction of sp³-hybridized carbons (Fsp3) is 0. The highest BCUT2D eigenvalue weighted by atomic mass is 16.6. The van der Waals surface area contributed by atoms with Crippen LogP contribution in [0, 0.1) is 10.1 Å². The second-order valence-electron chi connectivity index (χ2n) is 6.39. The second kappa shape index (κ2) is 6.28. The SMILES string of the molecule is O=[N+]([O-])c1cccnc1-c1cccc2c3ccccc3n(-c3ccncc3)c12. The number of rotatable bonds is 3. The highest BCUT2D eigenvalue weighted by molar-refractivity contribution is 6.13. The molecule has 6 nitrogen and oxygen atoms in total. The van der Waals surface area contributed by atoms with Crippen molar-refractivity contribution < 1.29 is 4.92 Å². The van der Waals surface area contributed by atoms with E-state index in [1.165, 1.54) is 6.07 Å². The lowest BCUT2D eigenvalue weighted by Crippen LogP contribution is -1.98. The van der Waals surface area contributed by atoms with E-state index in [4.69, 9.17) is 0 Å². The van der Waals surface area contributed by atoms with Crippen LogP contribution < -0.4 is 0 Å². The molecule has 134 valence electrons. The Morgan fingerprint density at radius 1 is 0.821 bits per heavy atom. The van der Waals surface area contributed by atoms with Gasteiger partial charge in [0.25, 0.3) is 5.69 Å². The number of nitro groups is 1. The summed E-state index contributed by atoms with van der Waals surface area (Å²) in [5.74, 6) is 0. The van der Waals surface area contributed by atoms with Crippen molar-refractivity contribution in [3.63, 3.8) is 0 Å². The molecule has 0 bridgehead atoms. The summed E-state index contributed by atoms with van der Waals surface area (Å²) in [6.45, 7) is 0. The monoisotopic (exact) mass is 366 g/mol. The van der Waals surface area contributed by atoms with Gasteiger partial charge in [-0.1, -0.05) is 36.4 Å². The second-order valence-corrected chi connectivity index (χ2v) is 6.39. The lowest BCUT2D eigenvalue weighted by molar-refractivity contribution is -0.384. The van der Waals surface area contributed by atoms with Gasteiger partial charge in [-0.15, -0.1) is 0 Å². The summed E-state index contributed by atoms with van der Waals surface area (Å²) >= 11 is 0.